The molecule has 2 aliphatic heterocycles. The van der Waals surface area contributed by atoms with Gasteiger partial charge < -0.3 is 4.90 Å². The van der Waals surface area contributed by atoms with Crippen molar-refractivity contribution in [2.24, 2.45) is 5.92 Å². The van der Waals surface area contributed by atoms with Crippen molar-refractivity contribution in [3.63, 3.8) is 0 Å². The fourth-order valence-corrected chi connectivity index (χ4v) is 11.2. The van der Waals surface area contributed by atoms with Gasteiger partial charge in [0.1, 0.15) is 6.54 Å². The van der Waals surface area contributed by atoms with Gasteiger partial charge in [0.15, 0.2) is 5.71 Å². The average molecular weight is 820 g/mol. The molecule has 10 rings (SSSR count). The van der Waals surface area contributed by atoms with E-state index in [0.717, 1.165) is 51.5 Å². The number of likely N-dealkylation sites (N-methyl/N-ethyl adjacent to an activating group) is 1. The van der Waals surface area contributed by atoms with Gasteiger partial charge in [-0.1, -0.05) is 183 Å². The Labute approximate surface area is 375 Å². The van der Waals surface area contributed by atoms with E-state index in [1.54, 1.807) is 0 Å². The van der Waals surface area contributed by atoms with Gasteiger partial charge in [0.2, 0.25) is 5.69 Å². The van der Waals surface area contributed by atoms with Crippen molar-refractivity contribution in [3.05, 3.63) is 239 Å². The van der Waals surface area contributed by atoms with Crippen LogP contribution >= 0.6 is 0 Å². The molecule has 2 heterocycles. The zero-order valence-electron chi connectivity index (χ0n) is 37.2. The van der Waals surface area contributed by atoms with Crippen molar-refractivity contribution < 1.29 is 4.58 Å². The van der Waals surface area contributed by atoms with Gasteiger partial charge in [-0.25, -0.2) is 0 Å². The van der Waals surface area contributed by atoms with Gasteiger partial charge in [-0.3, -0.25) is 0 Å². The Morgan fingerprint density at radius 2 is 1.21 bits per heavy atom. The van der Waals surface area contributed by atoms with Crippen LogP contribution in [0.2, 0.25) is 0 Å². The number of rotatable bonds is 13. The fraction of sp³-hybridized carbons (Fsp3) is 0.230. The summed E-state index contributed by atoms with van der Waals surface area (Å²) in [5.41, 5.74) is 13.1. The van der Waals surface area contributed by atoms with Crippen LogP contribution in [-0.4, -0.2) is 23.9 Å². The van der Waals surface area contributed by atoms with Crippen LogP contribution in [0.5, 0.6) is 0 Å². The zero-order valence-corrected chi connectivity index (χ0v) is 37.2. The molecule has 0 fully saturated rings. The summed E-state index contributed by atoms with van der Waals surface area (Å²) in [5, 5.41) is 5.23. The lowest BCUT2D eigenvalue weighted by Crippen LogP contribution is -2.39. The molecule has 312 valence electrons. The molecule has 63 heavy (non-hydrogen) atoms. The Bertz CT molecular complexity index is 2890. The predicted molar refractivity (Wildman–Crippen MR) is 268 cm³/mol. The maximum atomic E-state index is 2.71. The van der Waals surface area contributed by atoms with Crippen molar-refractivity contribution in [3.8, 4) is 0 Å². The van der Waals surface area contributed by atoms with E-state index in [-0.39, 0.29) is 10.8 Å². The second-order valence-electron chi connectivity index (χ2n) is 18.7. The molecule has 1 atom stereocenters. The molecule has 0 saturated carbocycles. The minimum atomic E-state index is -0.327. The average Bonchev–Trinajstić information content (AvgIpc) is 3.69. The maximum Gasteiger partial charge on any atom is 0.210 e. The summed E-state index contributed by atoms with van der Waals surface area (Å²) >= 11 is 0. The number of hydrogen-bond acceptors (Lipinski definition) is 1. The molecular formula is C61H59N2+. The van der Waals surface area contributed by atoms with Crippen LogP contribution < -0.4 is 4.90 Å². The Hall–Kier alpha value is -6.51. The van der Waals surface area contributed by atoms with Crippen molar-refractivity contribution in [1.82, 2.24) is 0 Å². The highest BCUT2D eigenvalue weighted by molar-refractivity contribution is 6.09. The van der Waals surface area contributed by atoms with Gasteiger partial charge in [-0.05, 0) is 113 Å². The summed E-state index contributed by atoms with van der Waals surface area (Å²) in [6, 6.07) is 61.4. The molecule has 0 bridgehead atoms. The first-order valence-electron chi connectivity index (χ1n) is 23.2. The van der Waals surface area contributed by atoms with Gasteiger partial charge in [0, 0.05) is 48.0 Å². The first kappa shape index (κ1) is 40.6. The Kier molecular flexibility index (Phi) is 11.2. The van der Waals surface area contributed by atoms with E-state index in [1.807, 2.05) is 0 Å². The molecule has 0 aromatic heterocycles. The van der Waals surface area contributed by atoms with Crippen molar-refractivity contribution >= 4 is 38.6 Å². The number of allylic oxidation sites excluding steroid dienone is 8. The topological polar surface area (TPSA) is 6.25 Å². The zero-order chi connectivity index (χ0) is 42.8. The molecule has 2 heteroatoms. The second kappa shape index (κ2) is 17.3. The highest BCUT2D eigenvalue weighted by Crippen LogP contribution is 2.54. The van der Waals surface area contributed by atoms with Crippen molar-refractivity contribution in [1.29, 1.82) is 0 Å². The standard InChI is InChI=1S/C61H59N2/c1-45(2)37-38-63-55-36-35-50-29-18-19-32-53(50)59(55)61(43-48-25-12-6-13-26-48,44-49-27-14-7-15-28-49)58(63)34-20-33-57-60(41-46-21-8-4-9-22-46,42-47-23-10-5-11-24-47)54-39-51-30-16-17-31-52(51)40-56(54)62(57)3/h4,6-10,12-36,39-40,45H,5,11,37-38,41-44H2,1-3H3/q+1. The first-order chi connectivity index (χ1) is 30.9. The van der Waals surface area contributed by atoms with Crippen LogP contribution in [0.4, 0.5) is 11.4 Å². The van der Waals surface area contributed by atoms with Gasteiger partial charge in [0.05, 0.1) is 5.41 Å². The second-order valence-corrected chi connectivity index (χ2v) is 18.7. The molecule has 0 saturated heterocycles. The maximum absolute atomic E-state index is 2.71. The smallest absolute Gasteiger partial charge is 0.210 e. The van der Waals surface area contributed by atoms with Gasteiger partial charge in [0.25, 0.3) is 0 Å². The van der Waals surface area contributed by atoms with E-state index < -0.39 is 0 Å². The normalized spacial score (nSPS) is 18.6. The highest BCUT2D eigenvalue weighted by Gasteiger charge is 2.52. The van der Waals surface area contributed by atoms with E-state index in [9.17, 15) is 0 Å². The summed E-state index contributed by atoms with van der Waals surface area (Å²) < 4.78 is 2.71. The SMILES string of the molecule is CC(C)CC[N+]1=C(/C=C/C=C2/N(C)c3cc4ccccc4cc3C2(CC2=CCCC=C2)Cc2ccccc2)C(Cc2ccccc2)(Cc2ccccc2)c2c1ccc1ccccc21. The minimum Gasteiger partial charge on any atom is -0.347 e. The molecule has 7 aromatic carbocycles. The van der Waals surface area contributed by atoms with Crippen LogP contribution in [0, 0.1) is 5.92 Å². The van der Waals surface area contributed by atoms with Gasteiger partial charge in [-0.2, -0.15) is 4.58 Å². The third kappa shape index (κ3) is 7.71. The Balaban J connectivity index is 1.21. The summed E-state index contributed by atoms with van der Waals surface area (Å²) in [7, 11) is 2.31. The molecular weight excluding hydrogens is 761 g/mol. The van der Waals surface area contributed by atoms with E-state index in [2.05, 4.69) is 231 Å². The highest BCUT2D eigenvalue weighted by atomic mass is 15.2. The van der Waals surface area contributed by atoms with Crippen molar-refractivity contribution in [2.75, 3.05) is 18.5 Å². The van der Waals surface area contributed by atoms with E-state index in [0.29, 0.717) is 5.92 Å². The van der Waals surface area contributed by atoms with Crippen LogP contribution in [0.3, 0.4) is 0 Å². The Morgan fingerprint density at radius 1 is 0.619 bits per heavy atom. The number of benzene rings is 7. The lowest BCUT2D eigenvalue weighted by atomic mass is 9.67. The van der Waals surface area contributed by atoms with Crippen molar-refractivity contribution in [2.45, 2.75) is 69.6 Å². The third-order valence-electron chi connectivity index (χ3n) is 14.1. The molecule has 0 radical (unpaired) electrons. The van der Waals surface area contributed by atoms with Crippen LogP contribution in [0.25, 0.3) is 21.5 Å². The van der Waals surface area contributed by atoms with Crippen LogP contribution in [0.15, 0.2) is 212 Å². The molecule has 1 aliphatic carbocycles. The molecule has 1 unspecified atom stereocenters. The number of anilines is 1. The molecule has 7 aromatic rings. The van der Waals surface area contributed by atoms with E-state index in [4.69, 9.17) is 0 Å². The monoisotopic (exact) mass is 819 g/mol. The molecule has 0 spiro atoms. The number of hydrogen-bond donors (Lipinski definition) is 0. The lowest BCUT2D eigenvalue weighted by Gasteiger charge is -2.34. The fourth-order valence-electron chi connectivity index (χ4n) is 11.2. The summed E-state index contributed by atoms with van der Waals surface area (Å²) in [4.78, 5) is 2.52. The first-order valence-corrected chi connectivity index (χ1v) is 23.2. The van der Waals surface area contributed by atoms with E-state index in [1.165, 1.54) is 77.7 Å². The molecule has 0 N–H and O–H groups in total. The predicted octanol–water partition coefficient (Wildman–Crippen LogP) is 14.6. The van der Waals surface area contributed by atoms with Crippen LogP contribution in [0.1, 0.15) is 67.3 Å². The summed E-state index contributed by atoms with van der Waals surface area (Å²) in [5.74, 6) is 0.572. The molecule has 3 aliphatic rings. The third-order valence-corrected chi connectivity index (χ3v) is 14.1. The van der Waals surface area contributed by atoms with Crippen LogP contribution in [-0.2, 0) is 30.1 Å². The summed E-state index contributed by atoms with van der Waals surface area (Å²) in [6.07, 6.45) is 21.7. The van der Waals surface area contributed by atoms with Gasteiger partial charge in [-0.15, -0.1) is 0 Å². The quantitative estimate of drug-likeness (QED) is 0.105. The van der Waals surface area contributed by atoms with Gasteiger partial charge >= 0.3 is 0 Å². The summed E-state index contributed by atoms with van der Waals surface area (Å²) in [6.45, 7) is 5.68. The molecule has 2 nitrogen and oxygen atoms in total. The lowest BCUT2D eigenvalue weighted by molar-refractivity contribution is -0.439. The van der Waals surface area contributed by atoms with E-state index >= 15 is 0 Å². The number of nitrogens with zero attached hydrogens (tertiary/aromatic N) is 2. The largest absolute Gasteiger partial charge is 0.347 e. The minimum absolute atomic E-state index is 0.282. The Morgan fingerprint density at radius 3 is 1.83 bits per heavy atom. The number of fused-ring (bicyclic) bond motifs is 5. The molecule has 0 amide bonds.